The zero-order valence-corrected chi connectivity index (χ0v) is 13.8. The normalized spacial score (nSPS) is 16.5. The highest BCUT2D eigenvalue weighted by atomic mass is 16.6. The molecule has 0 saturated heterocycles. The number of aliphatic hydroxyl groups is 1. The molecule has 3 unspecified atom stereocenters. The summed E-state index contributed by atoms with van der Waals surface area (Å²) in [4.78, 5) is 22.4. The van der Waals surface area contributed by atoms with E-state index in [1.807, 2.05) is 6.92 Å². The Morgan fingerprint density at radius 2 is 1.41 bits per heavy atom. The molecule has 0 bridgehead atoms. The Labute approximate surface area is 130 Å². The molecule has 0 aromatic rings. The van der Waals surface area contributed by atoms with E-state index in [9.17, 15) is 9.59 Å². The molecular weight excluding hydrogens is 292 g/mol. The van der Waals surface area contributed by atoms with Gasteiger partial charge in [0.15, 0.2) is 0 Å². The van der Waals surface area contributed by atoms with Crippen LogP contribution in [0.1, 0.15) is 34.6 Å². The average molecular weight is 318 g/mol. The number of carbonyl (C=O) groups excluding carboxylic acids is 1. The third kappa shape index (κ3) is 8.76. The Morgan fingerprint density at radius 1 is 0.909 bits per heavy atom. The molecular formula is C15H26O7. The minimum Gasteiger partial charge on any atom is -0.478 e. The van der Waals surface area contributed by atoms with E-state index in [0.29, 0.717) is 6.61 Å². The Balaban J connectivity index is 4.09. The summed E-state index contributed by atoms with van der Waals surface area (Å²) in [6.07, 6.45) is -1.07. The van der Waals surface area contributed by atoms with E-state index in [2.05, 4.69) is 0 Å². The highest BCUT2D eigenvalue weighted by Gasteiger charge is 2.16. The van der Waals surface area contributed by atoms with Crippen LogP contribution in [0.25, 0.3) is 0 Å². The van der Waals surface area contributed by atoms with Crippen LogP contribution in [-0.2, 0) is 23.8 Å². The van der Waals surface area contributed by atoms with Crippen molar-refractivity contribution in [3.63, 3.8) is 0 Å². The molecule has 0 radical (unpaired) electrons. The van der Waals surface area contributed by atoms with E-state index in [1.54, 1.807) is 13.8 Å². The first-order valence-electron chi connectivity index (χ1n) is 7.14. The third-order valence-corrected chi connectivity index (χ3v) is 2.88. The molecule has 3 atom stereocenters. The minimum absolute atomic E-state index is 0.0200. The van der Waals surface area contributed by atoms with E-state index >= 15 is 0 Å². The molecule has 0 aromatic heterocycles. The maximum absolute atomic E-state index is 11.7. The second-order valence-electron chi connectivity index (χ2n) is 5.29. The van der Waals surface area contributed by atoms with Crippen molar-refractivity contribution >= 4 is 11.9 Å². The SMILES string of the molecule is C/C(C(=O)O)=C(\C)C(=O)OCC(C)OCC(C)OCC(C)O. The first-order valence-corrected chi connectivity index (χ1v) is 7.14. The molecule has 0 saturated carbocycles. The summed E-state index contributed by atoms with van der Waals surface area (Å²) in [5.74, 6) is -1.82. The van der Waals surface area contributed by atoms with Crippen molar-refractivity contribution in [1.29, 1.82) is 0 Å². The van der Waals surface area contributed by atoms with Crippen LogP contribution in [0, 0.1) is 0 Å². The van der Waals surface area contributed by atoms with Gasteiger partial charge in [0.25, 0.3) is 0 Å². The van der Waals surface area contributed by atoms with Crippen LogP contribution in [0.4, 0.5) is 0 Å². The largest absolute Gasteiger partial charge is 0.478 e. The summed E-state index contributed by atoms with van der Waals surface area (Å²) in [7, 11) is 0. The molecule has 0 amide bonds. The number of carboxylic acids is 1. The van der Waals surface area contributed by atoms with Crippen molar-refractivity contribution in [3.05, 3.63) is 11.1 Å². The summed E-state index contributed by atoms with van der Waals surface area (Å²) in [6, 6.07) is 0. The van der Waals surface area contributed by atoms with Crippen molar-refractivity contribution < 1.29 is 34.0 Å². The monoisotopic (exact) mass is 318 g/mol. The van der Waals surface area contributed by atoms with Gasteiger partial charge in [0.1, 0.15) is 6.61 Å². The van der Waals surface area contributed by atoms with Crippen LogP contribution in [0.5, 0.6) is 0 Å². The van der Waals surface area contributed by atoms with E-state index in [0.717, 1.165) is 0 Å². The van der Waals surface area contributed by atoms with Crippen molar-refractivity contribution in [2.45, 2.75) is 52.9 Å². The number of carboxylic acid groups (broad SMARTS) is 1. The molecule has 0 fully saturated rings. The summed E-state index contributed by atoms with van der Waals surface area (Å²) >= 11 is 0. The lowest BCUT2D eigenvalue weighted by Gasteiger charge is -2.18. The number of esters is 1. The van der Waals surface area contributed by atoms with Crippen LogP contribution in [0.15, 0.2) is 11.1 Å². The zero-order chi connectivity index (χ0) is 17.3. The quantitative estimate of drug-likeness (QED) is 0.460. The smallest absolute Gasteiger partial charge is 0.334 e. The fourth-order valence-corrected chi connectivity index (χ4v) is 1.31. The van der Waals surface area contributed by atoms with Crippen LogP contribution < -0.4 is 0 Å². The standard InChI is InChI=1S/C15H26O7/c1-9(16)6-20-10(2)7-21-11(3)8-22-15(19)13(5)12(4)14(17)18/h9-11,16H,6-8H2,1-5H3,(H,17,18)/b13-12-. The Kier molecular flexibility index (Phi) is 9.64. The number of hydrogen-bond acceptors (Lipinski definition) is 6. The number of aliphatic hydroxyl groups excluding tert-OH is 1. The number of rotatable bonds is 10. The Bertz CT molecular complexity index is 401. The molecule has 7 nitrogen and oxygen atoms in total. The predicted octanol–water partition coefficient (Wildman–Crippen LogP) is 1.14. The number of aliphatic carboxylic acids is 1. The summed E-state index contributed by atoms with van der Waals surface area (Å²) < 4.78 is 15.8. The maximum Gasteiger partial charge on any atom is 0.334 e. The molecule has 7 heteroatoms. The van der Waals surface area contributed by atoms with Gasteiger partial charge in [-0.1, -0.05) is 0 Å². The van der Waals surface area contributed by atoms with Gasteiger partial charge in [-0.05, 0) is 34.6 Å². The highest BCUT2D eigenvalue weighted by molar-refractivity contribution is 5.98. The predicted molar refractivity (Wildman–Crippen MR) is 79.5 cm³/mol. The topological polar surface area (TPSA) is 102 Å². The highest BCUT2D eigenvalue weighted by Crippen LogP contribution is 2.07. The maximum atomic E-state index is 11.7. The van der Waals surface area contributed by atoms with Gasteiger partial charge in [-0.2, -0.15) is 0 Å². The first kappa shape index (κ1) is 20.6. The fraction of sp³-hybridized carbons (Fsp3) is 0.733. The zero-order valence-electron chi connectivity index (χ0n) is 13.8. The van der Waals surface area contributed by atoms with Gasteiger partial charge in [-0.25, -0.2) is 9.59 Å². The second kappa shape index (κ2) is 10.3. The van der Waals surface area contributed by atoms with Gasteiger partial charge < -0.3 is 24.4 Å². The van der Waals surface area contributed by atoms with Crippen LogP contribution >= 0.6 is 0 Å². The Hall–Kier alpha value is -1.44. The van der Waals surface area contributed by atoms with Crippen molar-refractivity contribution in [1.82, 2.24) is 0 Å². The van der Waals surface area contributed by atoms with Crippen LogP contribution in [-0.4, -0.2) is 60.3 Å². The number of carbonyl (C=O) groups is 2. The number of ether oxygens (including phenoxy) is 3. The van der Waals surface area contributed by atoms with Gasteiger partial charge >= 0.3 is 11.9 Å². The molecule has 0 rings (SSSR count). The lowest BCUT2D eigenvalue weighted by molar-refractivity contribution is -0.144. The Morgan fingerprint density at radius 3 is 1.91 bits per heavy atom. The molecule has 128 valence electrons. The molecule has 2 N–H and O–H groups in total. The van der Waals surface area contributed by atoms with Crippen LogP contribution in [0.2, 0.25) is 0 Å². The molecule has 0 aromatic carbocycles. The van der Waals surface area contributed by atoms with Crippen LogP contribution in [0.3, 0.4) is 0 Å². The van der Waals surface area contributed by atoms with E-state index in [4.69, 9.17) is 24.4 Å². The van der Waals surface area contributed by atoms with Gasteiger partial charge in [-0.15, -0.1) is 0 Å². The molecule has 0 aliphatic rings. The number of hydrogen-bond donors (Lipinski definition) is 2. The molecule has 0 aliphatic heterocycles. The summed E-state index contributed by atoms with van der Waals surface area (Å²) in [5, 5.41) is 17.9. The molecule has 0 aliphatic carbocycles. The van der Waals surface area contributed by atoms with Crippen molar-refractivity contribution in [2.75, 3.05) is 19.8 Å². The fourth-order valence-electron chi connectivity index (χ4n) is 1.31. The molecule has 0 spiro atoms. The van der Waals surface area contributed by atoms with Crippen molar-refractivity contribution in [3.8, 4) is 0 Å². The van der Waals surface area contributed by atoms with Crippen molar-refractivity contribution in [2.24, 2.45) is 0 Å². The van der Waals surface area contributed by atoms with E-state index < -0.39 is 18.0 Å². The molecule has 0 heterocycles. The molecule has 22 heavy (non-hydrogen) atoms. The average Bonchev–Trinajstić information content (AvgIpc) is 2.46. The van der Waals surface area contributed by atoms with Gasteiger partial charge in [0.05, 0.1) is 31.5 Å². The summed E-state index contributed by atoms with van der Waals surface area (Å²) in [5.41, 5.74) is 0.0204. The van der Waals surface area contributed by atoms with Gasteiger partial charge in [-0.3, -0.25) is 0 Å². The summed E-state index contributed by atoms with van der Waals surface area (Å²) in [6.45, 7) is 8.48. The second-order valence-corrected chi connectivity index (χ2v) is 5.29. The minimum atomic E-state index is -1.15. The lowest BCUT2D eigenvalue weighted by Crippen LogP contribution is -2.26. The first-order chi connectivity index (χ1) is 10.1. The van der Waals surface area contributed by atoms with Gasteiger partial charge in [0, 0.05) is 11.1 Å². The van der Waals surface area contributed by atoms with E-state index in [-0.39, 0.29) is 36.6 Å². The van der Waals surface area contributed by atoms with Gasteiger partial charge in [0.2, 0.25) is 0 Å². The van der Waals surface area contributed by atoms with E-state index in [1.165, 1.54) is 13.8 Å². The third-order valence-electron chi connectivity index (χ3n) is 2.88. The lowest BCUT2D eigenvalue weighted by atomic mass is 10.1.